The topological polar surface area (TPSA) is 182 Å². The van der Waals surface area contributed by atoms with Gasteiger partial charge >= 0.3 is 6.09 Å². The molecule has 3 saturated carbocycles. The average Bonchev–Trinajstić information content (AvgIpc) is 4.09. The van der Waals surface area contributed by atoms with Crippen molar-refractivity contribution in [1.82, 2.24) is 25.2 Å². The maximum Gasteiger partial charge on any atom is 0.408 e. The number of benzene rings is 2. The number of hydrogen-bond donors (Lipinski definition) is 3. The van der Waals surface area contributed by atoms with Crippen LogP contribution in [0.1, 0.15) is 66.2 Å². The summed E-state index contributed by atoms with van der Waals surface area (Å²) < 4.78 is 45.5. The summed E-state index contributed by atoms with van der Waals surface area (Å²) in [7, 11) is -2.31. The van der Waals surface area contributed by atoms with Gasteiger partial charge in [-0.05, 0) is 64.5 Å². The molecule has 15 heteroatoms. The van der Waals surface area contributed by atoms with Gasteiger partial charge in [-0.3, -0.25) is 19.1 Å². The molecule has 298 valence electrons. The number of rotatable bonds is 13. The first-order valence-electron chi connectivity index (χ1n) is 19.1. The van der Waals surface area contributed by atoms with E-state index in [1.165, 1.54) is 4.90 Å². The zero-order chi connectivity index (χ0) is 40.2. The highest BCUT2D eigenvalue weighted by molar-refractivity contribution is 7.91. The number of fused-ring (bicyclic) bond motifs is 1. The first-order valence-corrected chi connectivity index (χ1v) is 20.6. The van der Waals surface area contributed by atoms with Gasteiger partial charge in [-0.25, -0.2) is 18.2 Å². The predicted molar refractivity (Wildman–Crippen MR) is 208 cm³/mol. The van der Waals surface area contributed by atoms with Crippen LogP contribution in [0.2, 0.25) is 0 Å². The Morgan fingerprint density at radius 2 is 1.75 bits per heavy atom. The molecule has 1 saturated heterocycles. The van der Waals surface area contributed by atoms with E-state index in [0.717, 1.165) is 5.56 Å². The maximum atomic E-state index is 14.7. The zero-order valence-corrected chi connectivity index (χ0v) is 33.1. The van der Waals surface area contributed by atoms with E-state index in [1.54, 1.807) is 46.1 Å². The molecule has 3 N–H and O–H groups in total. The van der Waals surface area contributed by atoms with E-state index in [1.807, 2.05) is 49.4 Å². The number of amides is 4. The number of nitrogens with one attached hydrogen (secondary N) is 3. The van der Waals surface area contributed by atoms with Gasteiger partial charge in [-0.15, -0.1) is 6.58 Å². The Hall–Kier alpha value is -5.18. The lowest BCUT2D eigenvalue weighted by molar-refractivity contribution is -0.142. The molecule has 7 rings (SSSR count). The fraction of sp³-hybridized carbons (Fsp3) is 0.488. The number of ether oxygens (including phenoxy) is 3. The normalized spacial score (nSPS) is 26.8. The maximum absolute atomic E-state index is 14.7. The number of hydrogen-bond acceptors (Lipinski definition) is 10. The summed E-state index contributed by atoms with van der Waals surface area (Å²) in [5, 5.41) is 5.72. The first-order chi connectivity index (χ1) is 26.5. The van der Waals surface area contributed by atoms with Crippen LogP contribution in [0.15, 0.2) is 67.3 Å². The molecule has 0 radical (unpaired) electrons. The molecular formula is C41H49N5O9S. The van der Waals surface area contributed by atoms with Gasteiger partial charge in [-0.1, -0.05) is 49.8 Å². The Kier molecular flexibility index (Phi) is 10.0. The van der Waals surface area contributed by atoms with Gasteiger partial charge in [-0.2, -0.15) is 0 Å². The van der Waals surface area contributed by atoms with Crippen molar-refractivity contribution in [1.29, 1.82) is 0 Å². The minimum absolute atomic E-state index is 0.0361. The Bertz CT molecular complexity index is 2190. The smallest absolute Gasteiger partial charge is 0.408 e. The first kappa shape index (κ1) is 39.1. The van der Waals surface area contributed by atoms with Crippen molar-refractivity contribution in [3.8, 4) is 22.8 Å². The van der Waals surface area contributed by atoms with E-state index in [-0.39, 0.29) is 31.7 Å². The standard InChI is InChI=1S/C41H49N5O9S/c1-7-25-21-40(25,36(48)45-56(51,52)29-15-16-29)43-35(47)33-19-28(23-46(33)37(49)41(22-26(41)8-2)44-38(50)55-39(3,4)5)54-34-20-31(24-12-10-9-11-13-24)42-32-18-27(53-6)14-17-30(32)34/h8-14,17-18,20,25-26,28-29,33H,2,7,15-16,19,21-23H2,1,3-6H3,(H,43,47)(H,44,50)(H,45,48)/t25?,26?,28-,33+,40-,41?/m1/s1. The summed E-state index contributed by atoms with van der Waals surface area (Å²) in [6.45, 7) is 10.8. The van der Waals surface area contributed by atoms with Gasteiger partial charge in [0.1, 0.15) is 40.3 Å². The van der Waals surface area contributed by atoms with E-state index >= 15 is 0 Å². The summed E-state index contributed by atoms with van der Waals surface area (Å²) in [6, 6.07) is 15.7. The Labute approximate surface area is 326 Å². The van der Waals surface area contributed by atoms with Gasteiger partial charge < -0.3 is 29.7 Å². The van der Waals surface area contributed by atoms with E-state index in [0.29, 0.717) is 47.4 Å². The number of carbonyl (C=O) groups is 4. The van der Waals surface area contributed by atoms with Gasteiger partial charge in [0, 0.05) is 35.4 Å². The summed E-state index contributed by atoms with van der Waals surface area (Å²) >= 11 is 0. The molecule has 4 fully saturated rings. The van der Waals surface area contributed by atoms with Crippen molar-refractivity contribution in [2.45, 2.75) is 100 Å². The van der Waals surface area contributed by atoms with E-state index in [2.05, 4.69) is 21.9 Å². The lowest BCUT2D eigenvalue weighted by Crippen LogP contribution is -2.59. The van der Waals surface area contributed by atoms with E-state index < -0.39 is 73.8 Å². The third-order valence-corrected chi connectivity index (χ3v) is 12.9. The highest BCUT2D eigenvalue weighted by atomic mass is 32.2. The largest absolute Gasteiger partial charge is 0.497 e. The summed E-state index contributed by atoms with van der Waals surface area (Å²) in [6.07, 6.45) is 2.07. The molecule has 4 amide bonds. The minimum atomic E-state index is -3.88. The summed E-state index contributed by atoms with van der Waals surface area (Å²) in [5.41, 5.74) is -1.60. The molecule has 3 aromatic rings. The molecule has 2 aromatic carbocycles. The van der Waals surface area contributed by atoms with Crippen LogP contribution in [-0.4, -0.2) is 89.8 Å². The number of likely N-dealkylation sites (tertiary alicyclic amines) is 1. The number of methoxy groups -OCH3 is 1. The number of carbonyl (C=O) groups excluding carboxylic acids is 4. The van der Waals surface area contributed by atoms with Gasteiger partial charge in [0.15, 0.2) is 0 Å². The van der Waals surface area contributed by atoms with Gasteiger partial charge in [0.25, 0.3) is 5.91 Å². The number of aromatic nitrogens is 1. The quantitative estimate of drug-likeness (QED) is 0.207. The fourth-order valence-electron chi connectivity index (χ4n) is 7.75. The molecular weight excluding hydrogens is 739 g/mol. The van der Waals surface area contributed by atoms with Crippen molar-refractivity contribution in [3.05, 3.63) is 67.3 Å². The fourth-order valence-corrected chi connectivity index (χ4v) is 9.11. The lowest BCUT2D eigenvalue weighted by atomic mass is 10.1. The molecule has 14 nitrogen and oxygen atoms in total. The molecule has 0 bridgehead atoms. The second-order valence-corrected chi connectivity index (χ2v) is 18.3. The predicted octanol–water partition coefficient (Wildman–Crippen LogP) is 4.62. The molecule has 0 spiro atoms. The van der Waals surface area contributed by atoms with Crippen LogP contribution >= 0.6 is 0 Å². The van der Waals surface area contributed by atoms with Crippen LogP contribution in [-0.2, 0) is 29.1 Å². The number of nitrogens with zero attached hydrogens (tertiary/aromatic N) is 2. The van der Waals surface area contributed by atoms with Gasteiger partial charge in [0.05, 0.1) is 30.1 Å². The Balaban J connectivity index is 1.22. The molecule has 3 unspecified atom stereocenters. The van der Waals surface area contributed by atoms with Crippen LogP contribution in [0.3, 0.4) is 0 Å². The zero-order valence-electron chi connectivity index (χ0n) is 32.3. The molecule has 2 heterocycles. The number of alkyl carbamates (subject to hydrolysis) is 1. The number of sulfonamides is 1. The minimum Gasteiger partial charge on any atom is -0.497 e. The van der Waals surface area contributed by atoms with Crippen molar-refractivity contribution >= 4 is 44.7 Å². The van der Waals surface area contributed by atoms with Crippen LogP contribution in [0, 0.1) is 11.8 Å². The molecule has 56 heavy (non-hydrogen) atoms. The second kappa shape index (κ2) is 14.4. The van der Waals surface area contributed by atoms with Crippen molar-refractivity contribution in [2.75, 3.05) is 13.7 Å². The van der Waals surface area contributed by atoms with E-state index in [4.69, 9.17) is 19.2 Å². The molecule has 4 aliphatic rings. The van der Waals surface area contributed by atoms with Crippen molar-refractivity contribution in [3.63, 3.8) is 0 Å². The third kappa shape index (κ3) is 7.65. The average molecular weight is 788 g/mol. The van der Waals surface area contributed by atoms with Gasteiger partial charge in [0.2, 0.25) is 21.8 Å². The molecule has 1 aromatic heterocycles. The monoisotopic (exact) mass is 787 g/mol. The Morgan fingerprint density at radius 1 is 1.02 bits per heavy atom. The van der Waals surface area contributed by atoms with Crippen molar-refractivity contribution in [2.24, 2.45) is 11.8 Å². The van der Waals surface area contributed by atoms with Crippen LogP contribution < -0.4 is 24.8 Å². The second-order valence-electron chi connectivity index (χ2n) is 16.3. The molecule has 6 atom stereocenters. The van der Waals surface area contributed by atoms with Crippen LogP contribution in [0.4, 0.5) is 4.79 Å². The highest BCUT2D eigenvalue weighted by Gasteiger charge is 2.65. The highest BCUT2D eigenvalue weighted by Crippen LogP contribution is 2.49. The van der Waals surface area contributed by atoms with Crippen molar-refractivity contribution < 1.29 is 41.8 Å². The Morgan fingerprint density at radius 3 is 2.36 bits per heavy atom. The molecule has 3 aliphatic carbocycles. The molecule has 1 aliphatic heterocycles. The lowest BCUT2D eigenvalue weighted by Gasteiger charge is -2.31. The SMILES string of the molecule is C=CC1CC1(NC(=O)OC(C)(C)C)C(=O)N1C[C@H](Oc2cc(-c3ccccc3)nc3cc(OC)ccc23)C[C@H]1C(=O)N[C@]1(C(=O)NS(=O)(=O)C2CC2)CC1CC. The summed E-state index contributed by atoms with van der Waals surface area (Å²) in [4.78, 5) is 62.2. The third-order valence-electron chi connectivity index (χ3n) is 11.1. The van der Waals surface area contributed by atoms with E-state index in [9.17, 15) is 27.6 Å². The summed E-state index contributed by atoms with van der Waals surface area (Å²) in [5.74, 6) is -1.59. The van der Waals surface area contributed by atoms with Crippen LogP contribution in [0.25, 0.3) is 22.2 Å². The van der Waals surface area contributed by atoms with Crippen LogP contribution in [0.5, 0.6) is 11.5 Å². The number of pyridine rings is 1.